The zero-order chi connectivity index (χ0) is 9.38. The van der Waals surface area contributed by atoms with Gasteiger partial charge in [-0.1, -0.05) is 12.2 Å². The van der Waals surface area contributed by atoms with E-state index in [2.05, 4.69) is 38.8 Å². The van der Waals surface area contributed by atoms with Gasteiger partial charge in [0.05, 0.1) is 17.6 Å². The summed E-state index contributed by atoms with van der Waals surface area (Å²) in [5.41, 5.74) is 3.79. The number of thiophene rings is 1. The van der Waals surface area contributed by atoms with Crippen molar-refractivity contribution in [3.63, 3.8) is 0 Å². The first-order valence-corrected chi connectivity index (χ1v) is 5.65. The van der Waals surface area contributed by atoms with Crippen molar-refractivity contribution in [3.8, 4) is 5.69 Å². The summed E-state index contributed by atoms with van der Waals surface area (Å²) >= 11 is 1.71. The van der Waals surface area contributed by atoms with Gasteiger partial charge in [0, 0.05) is 10.9 Å². The summed E-state index contributed by atoms with van der Waals surface area (Å²) in [5.74, 6) is 0. The van der Waals surface area contributed by atoms with Crippen molar-refractivity contribution in [1.29, 1.82) is 0 Å². The van der Waals surface area contributed by atoms with E-state index in [1.165, 1.54) is 16.9 Å². The van der Waals surface area contributed by atoms with Gasteiger partial charge in [-0.15, -0.1) is 0 Å². The molecule has 1 aliphatic carbocycles. The van der Waals surface area contributed by atoms with Gasteiger partial charge in [0.25, 0.3) is 0 Å². The highest BCUT2D eigenvalue weighted by atomic mass is 32.1. The van der Waals surface area contributed by atoms with E-state index in [0.717, 1.165) is 12.8 Å². The molecule has 0 N–H and O–H groups in total. The molecule has 0 atom stereocenters. The first kappa shape index (κ1) is 8.00. The minimum Gasteiger partial charge on any atom is -0.236 e. The van der Waals surface area contributed by atoms with Gasteiger partial charge in [-0.05, 0) is 24.3 Å². The predicted octanol–water partition coefficient (Wildman–Crippen LogP) is 2.89. The van der Waals surface area contributed by atoms with E-state index in [1.54, 1.807) is 11.3 Å². The van der Waals surface area contributed by atoms with Crippen LogP contribution in [0.5, 0.6) is 0 Å². The van der Waals surface area contributed by atoms with Crippen molar-refractivity contribution in [2.24, 2.45) is 0 Å². The second kappa shape index (κ2) is 3.10. The second-order valence-electron chi connectivity index (χ2n) is 3.38. The first-order chi connectivity index (χ1) is 6.95. The van der Waals surface area contributed by atoms with Crippen LogP contribution in [0.15, 0.2) is 29.1 Å². The fraction of sp³-hybridized carbons (Fsp3) is 0.182. The van der Waals surface area contributed by atoms with E-state index in [1.807, 2.05) is 6.20 Å². The Balaban J connectivity index is 2.16. The summed E-state index contributed by atoms with van der Waals surface area (Å²) in [6.45, 7) is 0. The summed E-state index contributed by atoms with van der Waals surface area (Å²) in [6, 6.07) is 2.11. The molecule has 0 bridgehead atoms. The van der Waals surface area contributed by atoms with Crippen LogP contribution in [-0.2, 0) is 6.42 Å². The molecule has 2 aromatic rings. The number of hydrogen-bond acceptors (Lipinski definition) is 2. The fourth-order valence-corrected chi connectivity index (χ4v) is 2.42. The van der Waals surface area contributed by atoms with Crippen LogP contribution in [0.3, 0.4) is 0 Å². The van der Waals surface area contributed by atoms with Crippen LogP contribution >= 0.6 is 11.3 Å². The van der Waals surface area contributed by atoms with Gasteiger partial charge in [-0.2, -0.15) is 16.4 Å². The quantitative estimate of drug-likeness (QED) is 0.695. The minimum atomic E-state index is 1.10. The Morgan fingerprint density at radius 2 is 2.43 bits per heavy atom. The standard InChI is InChI=1S/C11H10N2S/c1-2-4-11-9(3-1)7-12-13(11)10-5-6-14-8-10/h1,3,5-8H,2,4H2. The molecule has 0 saturated carbocycles. The predicted molar refractivity (Wildman–Crippen MR) is 58.8 cm³/mol. The molecule has 0 spiro atoms. The van der Waals surface area contributed by atoms with Crippen LogP contribution in [0.25, 0.3) is 11.8 Å². The smallest absolute Gasteiger partial charge is 0.0755 e. The van der Waals surface area contributed by atoms with Crippen LogP contribution in [0.4, 0.5) is 0 Å². The zero-order valence-electron chi connectivity index (χ0n) is 7.68. The van der Waals surface area contributed by atoms with Crippen LogP contribution in [0, 0.1) is 0 Å². The third-order valence-corrected chi connectivity index (χ3v) is 3.17. The lowest BCUT2D eigenvalue weighted by molar-refractivity contribution is 0.792. The Hall–Kier alpha value is -1.35. The van der Waals surface area contributed by atoms with Crippen molar-refractivity contribution >= 4 is 17.4 Å². The Morgan fingerprint density at radius 3 is 3.29 bits per heavy atom. The molecule has 0 aromatic carbocycles. The highest BCUT2D eigenvalue weighted by Crippen LogP contribution is 2.22. The maximum atomic E-state index is 4.41. The lowest BCUT2D eigenvalue weighted by Crippen LogP contribution is -2.03. The fourth-order valence-electron chi connectivity index (χ4n) is 1.81. The number of rotatable bonds is 1. The summed E-state index contributed by atoms with van der Waals surface area (Å²) in [5, 5.41) is 8.63. The van der Waals surface area contributed by atoms with Gasteiger partial charge >= 0.3 is 0 Å². The summed E-state index contributed by atoms with van der Waals surface area (Å²) in [7, 11) is 0. The van der Waals surface area contributed by atoms with Crippen LogP contribution in [-0.4, -0.2) is 9.78 Å². The molecule has 2 heterocycles. The maximum Gasteiger partial charge on any atom is 0.0755 e. The van der Waals surface area contributed by atoms with Crippen molar-refractivity contribution in [2.75, 3.05) is 0 Å². The normalized spacial score (nSPS) is 14.3. The number of hydrogen-bond donors (Lipinski definition) is 0. The molecular formula is C11H10N2S. The Morgan fingerprint density at radius 1 is 1.43 bits per heavy atom. The van der Waals surface area contributed by atoms with E-state index in [-0.39, 0.29) is 0 Å². The van der Waals surface area contributed by atoms with Gasteiger partial charge in [0.2, 0.25) is 0 Å². The van der Waals surface area contributed by atoms with Gasteiger partial charge in [0.1, 0.15) is 0 Å². The highest BCUT2D eigenvalue weighted by molar-refractivity contribution is 7.08. The molecule has 3 rings (SSSR count). The SMILES string of the molecule is C1=Cc2cnn(-c3ccsc3)c2CC1. The van der Waals surface area contributed by atoms with Crippen molar-refractivity contribution < 1.29 is 0 Å². The molecule has 0 fully saturated rings. The molecular weight excluding hydrogens is 192 g/mol. The van der Waals surface area contributed by atoms with Crippen LogP contribution < -0.4 is 0 Å². The molecule has 1 aliphatic rings. The van der Waals surface area contributed by atoms with E-state index in [4.69, 9.17) is 0 Å². The van der Waals surface area contributed by atoms with Gasteiger partial charge < -0.3 is 0 Å². The highest BCUT2D eigenvalue weighted by Gasteiger charge is 2.12. The van der Waals surface area contributed by atoms with E-state index >= 15 is 0 Å². The minimum absolute atomic E-state index is 1.10. The molecule has 14 heavy (non-hydrogen) atoms. The van der Waals surface area contributed by atoms with Crippen molar-refractivity contribution in [3.05, 3.63) is 40.4 Å². The number of nitrogens with zero attached hydrogens (tertiary/aromatic N) is 2. The molecule has 0 saturated heterocycles. The molecule has 70 valence electrons. The molecule has 2 aromatic heterocycles. The molecule has 0 amide bonds. The van der Waals surface area contributed by atoms with Crippen LogP contribution in [0.2, 0.25) is 0 Å². The third kappa shape index (κ3) is 1.13. The molecule has 0 aliphatic heterocycles. The van der Waals surface area contributed by atoms with Gasteiger partial charge in [-0.25, -0.2) is 4.68 Å². The van der Waals surface area contributed by atoms with E-state index in [0.29, 0.717) is 0 Å². The molecule has 3 heteroatoms. The monoisotopic (exact) mass is 202 g/mol. The molecule has 0 unspecified atom stereocenters. The van der Waals surface area contributed by atoms with Gasteiger partial charge in [-0.3, -0.25) is 0 Å². The number of fused-ring (bicyclic) bond motifs is 1. The second-order valence-corrected chi connectivity index (χ2v) is 4.16. The lowest BCUT2D eigenvalue weighted by Gasteiger charge is -2.08. The Kier molecular flexibility index (Phi) is 1.77. The van der Waals surface area contributed by atoms with Crippen molar-refractivity contribution in [2.45, 2.75) is 12.8 Å². The molecule has 0 radical (unpaired) electrons. The zero-order valence-corrected chi connectivity index (χ0v) is 8.50. The third-order valence-electron chi connectivity index (χ3n) is 2.50. The largest absolute Gasteiger partial charge is 0.236 e. The van der Waals surface area contributed by atoms with Crippen LogP contribution in [0.1, 0.15) is 17.7 Å². The molecule has 2 nitrogen and oxygen atoms in total. The first-order valence-electron chi connectivity index (χ1n) is 4.71. The van der Waals surface area contributed by atoms with Gasteiger partial charge in [0.15, 0.2) is 0 Å². The lowest BCUT2D eigenvalue weighted by atomic mass is 10.1. The summed E-state index contributed by atoms with van der Waals surface area (Å²) in [4.78, 5) is 0. The van der Waals surface area contributed by atoms with E-state index in [9.17, 15) is 0 Å². The summed E-state index contributed by atoms with van der Waals surface area (Å²) in [6.07, 6.45) is 8.55. The Bertz CT molecular complexity index is 465. The van der Waals surface area contributed by atoms with E-state index < -0.39 is 0 Å². The summed E-state index contributed by atoms with van der Waals surface area (Å²) < 4.78 is 2.05. The topological polar surface area (TPSA) is 17.8 Å². The average molecular weight is 202 g/mol. The Labute approximate surface area is 86.5 Å². The maximum absolute atomic E-state index is 4.41. The number of aromatic nitrogens is 2. The van der Waals surface area contributed by atoms with Crippen molar-refractivity contribution in [1.82, 2.24) is 9.78 Å². The number of allylic oxidation sites excluding steroid dienone is 1. The average Bonchev–Trinajstić information content (AvgIpc) is 2.85.